The molecule has 0 atom stereocenters. The van der Waals surface area contributed by atoms with E-state index in [1.807, 2.05) is 6.92 Å². The van der Waals surface area contributed by atoms with Crippen molar-refractivity contribution in [2.75, 3.05) is 20.3 Å². The van der Waals surface area contributed by atoms with Gasteiger partial charge in [-0.2, -0.15) is 0 Å². The molecule has 0 aromatic heterocycles. The van der Waals surface area contributed by atoms with Crippen molar-refractivity contribution in [3.05, 3.63) is 35.4 Å². The Kier molecular flexibility index (Phi) is 6.90. The number of methoxy groups -OCH3 is 1. The number of ether oxygens (including phenoxy) is 2. The fourth-order valence-corrected chi connectivity index (χ4v) is 1.48. The second-order valence-corrected chi connectivity index (χ2v) is 4.02. The Morgan fingerprint density at radius 1 is 1.14 bits per heavy atom. The highest BCUT2D eigenvalue weighted by Crippen LogP contribution is 2.06. The number of benzene rings is 1. The van der Waals surface area contributed by atoms with E-state index in [4.69, 9.17) is 4.74 Å². The summed E-state index contributed by atoms with van der Waals surface area (Å²) in [6.07, 6.45) is 0.149. The van der Waals surface area contributed by atoms with Crippen LogP contribution < -0.4 is 10.9 Å². The van der Waals surface area contributed by atoms with Crippen LogP contribution in [0.15, 0.2) is 24.3 Å². The van der Waals surface area contributed by atoms with Gasteiger partial charge in [0.2, 0.25) is 5.91 Å². The largest absolute Gasteiger partial charge is 0.465 e. The van der Waals surface area contributed by atoms with Crippen LogP contribution in [0.4, 0.5) is 0 Å². The first-order chi connectivity index (χ1) is 10.1. The molecule has 1 aromatic rings. The van der Waals surface area contributed by atoms with Crippen LogP contribution in [0.3, 0.4) is 0 Å². The summed E-state index contributed by atoms with van der Waals surface area (Å²) in [5.74, 6) is -1.42. The molecule has 0 saturated carbocycles. The normalized spacial score (nSPS) is 9.81. The smallest absolute Gasteiger partial charge is 0.337 e. The van der Waals surface area contributed by atoms with Gasteiger partial charge in [0.15, 0.2) is 0 Å². The molecule has 1 rings (SSSR count). The van der Waals surface area contributed by atoms with Crippen LogP contribution in [0, 0.1) is 0 Å². The quantitative estimate of drug-likeness (QED) is 0.457. The lowest BCUT2D eigenvalue weighted by atomic mass is 10.1. The van der Waals surface area contributed by atoms with Crippen molar-refractivity contribution in [3.63, 3.8) is 0 Å². The fraction of sp³-hybridized carbons (Fsp3) is 0.357. The SMILES string of the molecule is CCOCCC(=O)NNC(=O)c1cccc(C(=O)OC)c1. The summed E-state index contributed by atoms with van der Waals surface area (Å²) in [5.41, 5.74) is 5.03. The number of carbonyl (C=O) groups excluding carboxylic acids is 3. The lowest BCUT2D eigenvalue weighted by Crippen LogP contribution is -2.42. The third-order valence-electron chi connectivity index (χ3n) is 2.54. The number of rotatable bonds is 6. The number of hydrogen-bond donors (Lipinski definition) is 2. The van der Waals surface area contributed by atoms with Gasteiger partial charge in [-0.05, 0) is 25.1 Å². The number of esters is 1. The minimum absolute atomic E-state index is 0.149. The highest BCUT2D eigenvalue weighted by atomic mass is 16.5. The maximum absolute atomic E-state index is 11.8. The third-order valence-corrected chi connectivity index (χ3v) is 2.54. The lowest BCUT2D eigenvalue weighted by Gasteiger charge is -2.08. The minimum Gasteiger partial charge on any atom is -0.465 e. The molecule has 0 radical (unpaired) electrons. The molecule has 7 heteroatoms. The van der Waals surface area contributed by atoms with Gasteiger partial charge in [-0.15, -0.1) is 0 Å². The number of carbonyl (C=O) groups is 3. The summed E-state index contributed by atoms with van der Waals surface area (Å²) in [5, 5.41) is 0. The van der Waals surface area contributed by atoms with Crippen LogP contribution in [-0.2, 0) is 14.3 Å². The average molecular weight is 294 g/mol. The molecule has 0 aliphatic carbocycles. The minimum atomic E-state index is -0.537. The Bertz CT molecular complexity index is 516. The van der Waals surface area contributed by atoms with E-state index >= 15 is 0 Å². The van der Waals surface area contributed by atoms with Gasteiger partial charge in [0, 0.05) is 12.2 Å². The van der Waals surface area contributed by atoms with Crippen molar-refractivity contribution in [1.82, 2.24) is 10.9 Å². The van der Waals surface area contributed by atoms with Gasteiger partial charge >= 0.3 is 5.97 Å². The average Bonchev–Trinajstić information content (AvgIpc) is 2.52. The zero-order valence-corrected chi connectivity index (χ0v) is 12.0. The maximum atomic E-state index is 11.8. The zero-order valence-electron chi connectivity index (χ0n) is 12.0. The molecule has 114 valence electrons. The second kappa shape index (κ2) is 8.70. The van der Waals surface area contributed by atoms with Gasteiger partial charge in [0.05, 0.1) is 25.7 Å². The van der Waals surface area contributed by atoms with Crippen LogP contribution >= 0.6 is 0 Å². The van der Waals surface area contributed by atoms with Crippen LogP contribution in [0.1, 0.15) is 34.1 Å². The summed E-state index contributed by atoms with van der Waals surface area (Å²) < 4.78 is 9.59. The number of nitrogens with one attached hydrogen (secondary N) is 2. The molecule has 21 heavy (non-hydrogen) atoms. The first kappa shape index (κ1) is 16.6. The van der Waals surface area contributed by atoms with E-state index in [9.17, 15) is 14.4 Å². The van der Waals surface area contributed by atoms with E-state index in [1.165, 1.54) is 25.3 Å². The van der Waals surface area contributed by atoms with E-state index in [0.29, 0.717) is 6.61 Å². The van der Waals surface area contributed by atoms with Crippen molar-refractivity contribution < 1.29 is 23.9 Å². The molecule has 0 bridgehead atoms. The Morgan fingerprint density at radius 2 is 1.86 bits per heavy atom. The molecular formula is C14H18N2O5. The van der Waals surface area contributed by atoms with Gasteiger partial charge in [0.25, 0.3) is 5.91 Å². The van der Waals surface area contributed by atoms with Gasteiger partial charge in [-0.3, -0.25) is 20.4 Å². The fourth-order valence-electron chi connectivity index (χ4n) is 1.48. The van der Waals surface area contributed by atoms with E-state index in [-0.39, 0.29) is 30.1 Å². The molecule has 0 fully saturated rings. The molecule has 0 aliphatic heterocycles. The van der Waals surface area contributed by atoms with Crippen LogP contribution in [0.2, 0.25) is 0 Å². The molecule has 0 unspecified atom stereocenters. The van der Waals surface area contributed by atoms with Gasteiger partial charge < -0.3 is 9.47 Å². The first-order valence-electron chi connectivity index (χ1n) is 6.43. The molecule has 0 heterocycles. The summed E-state index contributed by atoms with van der Waals surface area (Å²) in [7, 11) is 1.26. The lowest BCUT2D eigenvalue weighted by molar-refractivity contribution is -0.122. The van der Waals surface area contributed by atoms with Crippen LogP contribution in [-0.4, -0.2) is 38.1 Å². The van der Waals surface area contributed by atoms with Gasteiger partial charge in [0.1, 0.15) is 0 Å². The van der Waals surface area contributed by atoms with Crippen molar-refractivity contribution in [2.24, 2.45) is 0 Å². The summed E-state index contributed by atoms with van der Waals surface area (Å²) in [6.45, 7) is 2.64. The molecule has 2 amide bonds. The van der Waals surface area contributed by atoms with Crippen molar-refractivity contribution >= 4 is 17.8 Å². The third kappa shape index (κ3) is 5.62. The second-order valence-electron chi connectivity index (χ2n) is 4.02. The Labute approximate surface area is 122 Å². The monoisotopic (exact) mass is 294 g/mol. The van der Waals surface area contributed by atoms with E-state index in [2.05, 4.69) is 15.6 Å². The number of hydrogen-bond acceptors (Lipinski definition) is 5. The molecule has 2 N–H and O–H groups in total. The van der Waals surface area contributed by atoms with E-state index < -0.39 is 11.9 Å². The summed E-state index contributed by atoms with van der Waals surface area (Å²) in [6, 6.07) is 5.99. The van der Waals surface area contributed by atoms with E-state index in [1.54, 1.807) is 6.07 Å². The van der Waals surface area contributed by atoms with Crippen molar-refractivity contribution in [1.29, 1.82) is 0 Å². The van der Waals surface area contributed by atoms with Gasteiger partial charge in [-0.25, -0.2) is 4.79 Å². The molecule has 1 aromatic carbocycles. The molecular weight excluding hydrogens is 276 g/mol. The molecule has 0 aliphatic rings. The summed E-state index contributed by atoms with van der Waals surface area (Å²) in [4.78, 5) is 34.6. The predicted molar refractivity (Wildman–Crippen MR) is 74.5 cm³/mol. The number of amides is 2. The topological polar surface area (TPSA) is 93.7 Å². The standard InChI is InChI=1S/C14H18N2O5/c1-3-21-8-7-12(17)15-16-13(18)10-5-4-6-11(9-10)14(19)20-2/h4-6,9H,3,7-8H2,1-2H3,(H,15,17)(H,16,18). The first-order valence-corrected chi connectivity index (χ1v) is 6.43. The van der Waals surface area contributed by atoms with Crippen LogP contribution in [0.25, 0.3) is 0 Å². The zero-order chi connectivity index (χ0) is 15.7. The number of hydrazine groups is 1. The molecule has 0 spiro atoms. The Hall–Kier alpha value is -2.41. The van der Waals surface area contributed by atoms with Crippen molar-refractivity contribution in [3.8, 4) is 0 Å². The van der Waals surface area contributed by atoms with Crippen molar-refractivity contribution in [2.45, 2.75) is 13.3 Å². The highest BCUT2D eigenvalue weighted by molar-refractivity contribution is 5.98. The van der Waals surface area contributed by atoms with Crippen LogP contribution in [0.5, 0.6) is 0 Å². The maximum Gasteiger partial charge on any atom is 0.337 e. The molecule has 0 saturated heterocycles. The highest BCUT2D eigenvalue weighted by Gasteiger charge is 2.11. The summed E-state index contributed by atoms with van der Waals surface area (Å²) >= 11 is 0. The Morgan fingerprint density at radius 3 is 2.52 bits per heavy atom. The van der Waals surface area contributed by atoms with Gasteiger partial charge in [-0.1, -0.05) is 6.07 Å². The molecule has 7 nitrogen and oxygen atoms in total. The Balaban J connectivity index is 2.52. The predicted octanol–water partition coefficient (Wildman–Crippen LogP) is 0.661. The van der Waals surface area contributed by atoms with E-state index in [0.717, 1.165) is 0 Å².